The summed E-state index contributed by atoms with van der Waals surface area (Å²) in [4.78, 5) is 19.4. The molecule has 0 radical (unpaired) electrons. The van der Waals surface area contributed by atoms with Crippen LogP contribution < -0.4 is 0 Å². The van der Waals surface area contributed by atoms with Crippen molar-refractivity contribution in [3.05, 3.63) is 71.7 Å². The number of hydrogen-bond donors (Lipinski definition) is 1. The van der Waals surface area contributed by atoms with Gasteiger partial charge in [-0.3, -0.25) is 9.20 Å². The molecule has 130 valence electrons. The van der Waals surface area contributed by atoms with Crippen LogP contribution in [0.5, 0.6) is 0 Å². The Morgan fingerprint density at radius 3 is 2.72 bits per heavy atom. The van der Waals surface area contributed by atoms with Gasteiger partial charge in [-0.2, -0.15) is 0 Å². The Labute approximate surface area is 147 Å². The number of nitrogens with zero attached hydrogens (tertiary/aromatic N) is 3. The average Bonchev–Trinajstić information content (AvgIpc) is 3.03. The van der Waals surface area contributed by atoms with Crippen LogP contribution in [0.15, 0.2) is 54.9 Å². The molecule has 1 amide bonds. The zero-order valence-electron chi connectivity index (χ0n) is 14.6. The molecule has 2 heterocycles. The first-order valence-corrected chi connectivity index (χ1v) is 8.49. The molecule has 5 nitrogen and oxygen atoms in total. The molecule has 1 aromatic carbocycles. The van der Waals surface area contributed by atoms with Gasteiger partial charge in [-0.15, -0.1) is 0 Å². The number of amides is 1. The Bertz CT molecular complexity index is 858. The van der Waals surface area contributed by atoms with E-state index in [1.807, 2.05) is 66.9 Å². The molecule has 0 spiro atoms. The summed E-state index contributed by atoms with van der Waals surface area (Å²) >= 11 is 0. The van der Waals surface area contributed by atoms with Crippen LogP contribution in [0.25, 0.3) is 5.65 Å². The van der Waals surface area contributed by atoms with Crippen molar-refractivity contribution in [1.82, 2.24) is 14.3 Å². The first kappa shape index (κ1) is 17.2. The van der Waals surface area contributed by atoms with Crippen molar-refractivity contribution in [2.45, 2.75) is 32.9 Å². The first-order valence-electron chi connectivity index (χ1n) is 8.49. The number of aromatic nitrogens is 2. The second-order valence-electron chi connectivity index (χ2n) is 6.36. The fourth-order valence-corrected chi connectivity index (χ4v) is 2.94. The molecule has 0 saturated heterocycles. The summed E-state index contributed by atoms with van der Waals surface area (Å²) in [6.07, 6.45) is 4.09. The topological polar surface area (TPSA) is 57.8 Å². The highest BCUT2D eigenvalue weighted by Crippen LogP contribution is 2.17. The predicted molar refractivity (Wildman–Crippen MR) is 97.4 cm³/mol. The number of fused-ring (bicyclic) bond motifs is 1. The van der Waals surface area contributed by atoms with Crippen LogP contribution in [-0.4, -0.2) is 37.9 Å². The Morgan fingerprint density at radius 2 is 2.00 bits per heavy atom. The minimum Gasteiger partial charge on any atom is -0.396 e. The Kier molecular flexibility index (Phi) is 5.14. The summed E-state index contributed by atoms with van der Waals surface area (Å²) < 4.78 is 1.83. The maximum Gasteiger partial charge on any atom is 0.273 e. The number of imidazole rings is 1. The summed E-state index contributed by atoms with van der Waals surface area (Å²) in [5, 5.41) is 9.32. The normalized spacial score (nSPS) is 12.3. The van der Waals surface area contributed by atoms with Gasteiger partial charge in [0.05, 0.1) is 6.20 Å². The monoisotopic (exact) mass is 337 g/mol. The molecule has 3 aromatic rings. The number of carbonyl (C=O) groups is 1. The highest BCUT2D eigenvalue weighted by Gasteiger charge is 2.24. The molecule has 0 saturated carbocycles. The number of aliphatic hydroxyl groups excluding tert-OH is 1. The van der Waals surface area contributed by atoms with Gasteiger partial charge in [-0.25, -0.2) is 4.98 Å². The van der Waals surface area contributed by atoms with Crippen LogP contribution in [0.1, 0.15) is 35.0 Å². The van der Waals surface area contributed by atoms with E-state index in [9.17, 15) is 9.90 Å². The number of rotatable bonds is 6. The Morgan fingerprint density at radius 1 is 1.24 bits per heavy atom. The molecule has 2 aromatic heterocycles. The minimum atomic E-state index is -0.0806. The number of aryl methyl sites for hydroxylation is 1. The molecule has 0 fully saturated rings. The lowest BCUT2D eigenvalue weighted by Crippen LogP contribution is -2.39. The molecule has 3 rings (SSSR count). The number of hydrogen-bond acceptors (Lipinski definition) is 3. The maximum atomic E-state index is 13.2. The third kappa shape index (κ3) is 3.72. The van der Waals surface area contributed by atoms with Crippen LogP contribution in [0.3, 0.4) is 0 Å². The molecule has 1 atom stereocenters. The largest absolute Gasteiger partial charge is 0.396 e. The summed E-state index contributed by atoms with van der Waals surface area (Å²) in [6, 6.07) is 13.7. The SMILES string of the molecule is Cc1ccc2ncc(C(=O)N(Cc3ccccc3)C(C)CCO)n2c1. The molecule has 0 bridgehead atoms. The van der Waals surface area contributed by atoms with Crippen molar-refractivity contribution in [2.24, 2.45) is 0 Å². The van der Waals surface area contributed by atoms with Crippen LogP contribution in [0.4, 0.5) is 0 Å². The van der Waals surface area contributed by atoms with Crippen molar-refractivity contribution in [1.29, 1.82) is 0 Å². The average molecular weight is 337 g/mol. The predicted octanol–water partition coefficient (Wildman–Crippen LogP) is 3.06. The van der Waals surface area contributed by atoms with Crippen LogP contribution >= 0.6 is 0 Å². The minimum absolute atomic E-state index is 0.0476. The number of carbonyl (C=O) groups excluding carboxylic acids is 1. The summed E-state index contributed by atoms with van der Waals surface area (Å²) in [5.41, 5.74) is 3.42. The fourth-order valence-electron chi connectivity index (χ4n) is 2.94. The van der Waals surface area contributed by atoms with Crippen molar-refractivity contribution in [3.63, 3.8) is 0 Å². The molecule has 1 N–H and O–H groups in total. The van der Waals surface area contributed by atoms with Crippen molar-refractivity contribution < 1.29 is 9.90 Å². The van der Waals surface area contributed by atoms with E-state index in [0.717, 1.165) is 16.8 Å². The van der Waals surface area contributed by atoms with Gasteiger partial charge in [-0.1, -0.05) is 36.4 Å². The van der Waals surface area contributed by atoms with Gasteiger partial charge in [0.15, 0.2) is 0 Å². The first-order chi connectivity index (χ1) is 12.1. The van der Waals surface area contributed by atoms with Gasteiger partial charge in [0.1, 0.15) is 11.3 Å². The third-order valence-corrected chi connectivity index (χ3v) is 4.41. The maximum absolute atomic E-state index is 13.2. The lowest BCUT2D eigenvalue weighted by Gasteiger charge is -2.29. The van der Waals surface area contributed by atoms with Crippen LogP contribution in [0, 0.1) is 6.92 Å². The highest BCUT2D eigenvalue weighted by molar-refractivity contribution is 5.93. The van der Waals surface area contributed by atoms with E-state index in [0.29, 0.717) is 18.7 Å². The standard InChI is InChI=1S/C20H23N3O2/c1-15-8-9-19-21-12-18(23(19)13-15)20(25)22(16(2)10-11-24)14-17-6-4-3-5-7-17/h3-9,12-13,16,24H,10-11,14H2,1-2H3. The zero-order chi connectivity index (χ0) is 17.8. The van der Waals surface area contributed by atoms with E-state index < -0.39 is 0 Å². The molecule has 0 aliphatic carbocycles. The van der Waals surface area contributed by atoms with Gasteiger partial charge < -0.3 is 10.0 Å². The van der Waals surface area contributed by atoms with Crippen molar-refractivity contribution in [3.8, 4) is 0 Å². The molecule has 25 heavy (non-hydrogen) atoms. The molecule has 1 unspecified atom stereocenters. The van der Waals surface area contributed by atoms with Gasteiger partial charge in [0.25, 0.3) is 5.91 Å². The summed E-state index contributed by atoms with van der Waals surface area (Å²) in [6.45, 7) is 4.50. The smallest absolute Gasteiger partial charge is 0.273 e. The van der Waals surface area contributed by atoms with Gasteiger partial charge >= 0.3 is 0 Å². The number of aliphatic hydroxyl groups is 1. The van der Waals surface area contributed by atoms with E-state index >= 15 is 0 Å². The van der Waals surface area contributed by atoms with Crippen molar-refractivity contribution >= 4 is 11.6 Å². The second kappa shape index (κ2) is 7.49. The van der Waals surface area contributed by atoms with Gasteiger partial charge in [0, 0.05) is 25.4 Å². The molecule has 0 aliphatic heterocycles. The second-order valence-corrected chi connectivity index (χ2v) is 6.36. The third-order valence-electron chi connectivity index (χ3n) is 4.41. The van der Waals surface area contributed by atoms with E-state index in [1.54, 1.807) is 11.1 Å². The van der Waals surface area contributed by atoms with E-state index in [4.69, 9.17) is 0 Å². The Balaban J connectivity index is 1.96. The molecule has 5 heteroatoms. The lowest BCUT2D eigenvalue weighted by atomic mass is 10.1. The molecular formula is C20H23N3O2. The molecular weight excluding hydrogens is 314 g/mol. The number of pyridine rings is 1. The zero-order valence-corrected chi connectivity index (χ0v) is 14.6. The van der Waals surface area contributed by atoms with E-state index in [1.165, 1.54) is 0 Å². The summed E-state index contributed by atoms with van der Waals surface area (Å²) in [7, 11) is 0. The van der Waals surface area contributed by atoms with Gasteiger partial charge in [-0.05, 0) is 37.5 Å². The number of benzene rings is 1. The highest BCUT2D eigenvalue weighted by atomic mass is 16.3. The van der Waals surface area contributed by atoms with E-state index in [2.05, 4.69) is 4.98 Å². The van der Waals surface area contributed by atoms with Gasteiger partial charge in [0.2, 0.25) is 0 Å². The lowest BCUT2D eigenvalue weighted by molar-refractivity contribution is 0.0641. The fraction of sp³-hybridized carbons (Fsp3) is 0.300. The quantitative estimate of drug-likeness (QED) is 0.752. The van der Waals surface area contributed by atoms with E-state index in [-0.39, 0.29) is 18.6 Å². The molecule has 0 aliphatic rings. The van der Waals surface area contributed by atoms with Crippen LogP contribution in [0.2, 0.25) is 0 Å². The van der Waals surface area contributed by atoms with Crippen LogP contribution in [-0.2, 0) is 6.54 Å². The van der Waals surface area contributed by atoms with Crippen molar-refractivity contribution in [2.75, 3.05) is 6.61 Å². The Hall–Kier alpha value is -2.66. The summed E-state index contributed by atoms with van der Waals surface area (Å²) in [5.74, 6) is -0.0806.